The van der Waals surface area contributed by atoms with Gasteiger partial charge in [-0.1, -0.05) is 24.3 Å². The molecule has 1 unspecified atom stereocenters. The lowest BCUT2D eigenvalue weighted by molar-refractivity contribution is -0.137. The van der Waals surface area contributed by atoms with Gasteiger partial charge in [-0.3, -0.25) is 14.4 Å². The third-order valence-electron chi connectivity index (χ3n) is 4.26. The molecule has 2 aromatic rings. The predicted molar refractivity (Wildman–Crippen MR) is 93.7 cm³/mol. The summed E-state index contributed by atoms with van der Waals surface area (Å²) in [6.45, 7) is 0. The molecule has 1 heterocycles. The fourth-order valence-corrected chi connectivity index (χ4v) is 3.00. The summed E-state index contributed by atoms with van der Waals surface area (Å²) >= 11 is 0. The SMILES string of the molecule is O=C(O)Cc1ccc(N2C(=O)CC(Nc3ccccc3C(F)(F)F)C2=O)cc1. The second-order valence-electron chi connectivity index (χ2n) is 6.25. The Morgan fingerprint density at radius 1 is 1.11 bits per heavy atom. The maximum Gasteiger partial charge on any atom is 0.418 e. The molecule has 6 nitrogen and oxygen atoms in total. The van der Waals surface area contributed by atoms with Crippen molar-refractivity contribution >= 4 is 29.2 Å². The highest BCUT2D eigenvalue weighted by Crippen LogP contribution is 2.35. The van der Waals surface area contributed by atoms with Gasteiger partial charge in [-0.05, 0) is 29.8 Å². The summed E-state index contributed by atoms with van der Waals surface area (Å²) in [6, 6.07) is 9.41. The van der Waals surface area contributed by atoms with Crippen LogP contribution in [0.4, 0.5) is 24.5 Å². The van der Waals surface area contributed by atoms with E-state index in [1.165, 1.54) is 42.5 Å². The van der Waals surface area contributed by atoms with Gasteiger partial charge in [0.25, 0.3) is 5.91 Å². The number of carboxylic acid groups (broad SMARTS) is 1. The minimum atomic E-state index is -4.60. The molecule has 1 aliphatic heterocycles. The van der Waals surface area contributed by atoms with Gasteiger partial charge in [-0.15, -0.1) is 0 Å². The first-order chi connectivity index (χ1) is 13.2. The largest absolute Gasteiger partial charge is 0.481 e. The van der Waals surface area contributed by atoms with Crippen LogP contribution in [0.5, 0.6) is 0 Å². The molecule has 1 saturated heterocycles. The molecular weight excluding hydrogens is 377 g/mol. The number of amides is 2. The molecule has 9 heteroatoms. The van der Waals surface area contributed by atoms with Crippen molar-refractivity contribution in [3.8, 4) is 0 Å². The van der Waals surface area contributed by atoms with E-state index in [2.05, 4.69) is 5.32 Å². The minimum absolute atomic E-state index is 0.208. The molecule has 2 N–H and O–H groups in total. The van der Waals surface area contributed by atoms with Gasteiger partial charge >= 0.3 is 12.1 Å². The van der Waals surface area contributed by atoms with Gasteiger partial charge in [-0.2, -0.15) is 13.2 Å². The Balaban J connectivity index is 1.80. The van der Waals surface area contributed by atoms with Crippen LogP contribution in [0.25, 0.3) is 0 Å². The highest BCUT2D eigenvalue weighted by Gasteiger charge is 2.41. The summed E-state index contributed by atoms with van der Waals surface area (Å²) in [4.78, 5) is 36.5. The first-order valence-electron chi connectivity index (χ1n) is 8.27. The summed E-state index contributed by atoms with van der Waals surface area (Å²) in [5.74, 6) is -2.25. The van der Waals surface area contributed by atoms with Crippen molar-refractivity contribution in [2.24, 2.45) is 0 Å². The molecule has 0 aromatic heterocycles. The highest BCUT2D eigenvalue weighted by molar-refractivity contribution is 6.23. The molecule has 0 spiro atoms. The predicted octanol–water partition coefficient (Wildman–Crippen LogP) is 3.08. The zero-order chi connectivity index (χ0) is 20.5. The molecule has 146 valence electrons. The summed E-state index contributed by atoms with van der Waals surface area (Å²) in [5, 5.41) is 11.3. The number of anilines is 2. The van der Waals surface area contributed by atoms with Crippen LogP contribution >= 0.6 is 0 Å². The molecule has 0 radical (unpaired) electrons. The Labute approximate surface area is 157 Å². The van der Waals surface area contributed by atoms with Gasteiger partial charge in [0.05, 0.1) is 24.1 Å². The van der Waals surface area contributed by atoms with Crippen molar-refractivity contribution in [3.05, 3.63) is 59.7 Å². The van der Waals surface area contributed by atoms with Crippen molar-refractivity contribution in [1.29, 1.82) is 0 Å². The van der Waals surface area contributed by atoms with Crippen LogP contribution in [-0.4, -0.2) is 28.9 Å². The quantitative estimate of drug-likeness (QED) is 0.764. The number of alkyl halides is 3. The van der Waals surface area contributed by atoms with Crippen molar-refractivity contribution < 1.29 is 32.7 Å². The molecule has 1 fully saturated rings. The van der Waals surface area contributed by atoms with Crippen molar-refractivity contribution in [1.82, 2.24) is 0 Å². The average Bonchev–Trinajstić information content (AvgIpc) is 2.88. The second-order valence-corrected chi connectivity index (χ2v) is 6.25. The average molecular weight is 392 g/mol. The van der Waals surface area contributed by atoms with Crippen LogP contribution in [0.2, 0.25) is 0 Å². The topological polar surface area (TPSA) is 86.7 Å². The number of imide groups is 1. The van der Waals surface area contributed by atoms with Gasteiger partial charge in [-0.25, -0.2) is 4.90 Å². The fraction of sp³-hybridized carbons (Fsp3) is 0.211. The number of nitrogens with one attached hydrogen (secondary N) is 1. The first kappa shape index (κ1) is 19.4. The Hall–Kier alpha value is -3.36. The molecule has 0 bridgehead atoms. The van der Waals surface area contributed by atoms with E-state index in [4.69, 9.17) is 5.11 Å². The molecule has 2 amide bonds. The number of carbonyl (C=O) groups is 3. The van der Waals surface area contributed by atoms with Gasteiger partial charge in [0.1, 0.15) is 6.04 Å². The number of nitrogens with zero attached hydrogens (tertiary/aromatic N) is 1. The van der Waals surface area contributed by atoms with E-state index in [1.807, 2.05) is 0 Å². The number of carboxylic acids is 1. The lowest BCUT2D eigenvalue weighted by Crippen LogP contribution is -2.35. The fourth-order valence-electron chi connectivity index (χ4n) is 3.00. The number of hydrogen-bond donors (Lipinski definition) is 2. The first-order valence-corrected chi connectivity index (χ1v) is 8.27. The molecule has 1 atom stereocenters. The third kappa shape index (κ3) is 3.98. The van der Waals surface area contributed by atoms with E-state index in [1.54, 1.807) is 0 Å². The maximum absolute atomic E-state index is 13.1. The van der Waals surface area contributed by atoms with Gasteiger partial charge < -0.3 is 10.4 Å². The zero-order valence-corrected chi connectivity index (χ0v) is 14.4. The highest BCUT2D eigenvalue weighted by atomic mass is 19.4. The van der Waals surface area contributed by atoms with Crippen LogP contribution in [0.1, 0.15) is 17.5 Å². The standard InChI is InChI=1S/C19H15F3N2O4/c20-19(21,22)13-3-1-2-4-14(13)23-15-10-16(25)24(18(15)28)12-7-5-11(6-8-12)9-17(26)27/h1-8,15,23H,9-10H2,(H,26,27). The molecule has 0 aliphatic carbocycles. The van der Waals surface area contributed by atoms with Crippen molar-refractivity contribution in [3.63, 3.8) is 0 Å². The number of aliphatic carboxylic acids is 1. The Bertz CT molecular complexity index is 926. The normalized spacial score (nSPS) is 17.1. The van der Waals surface area contributed by atoms with Crippen molar-refractivity contribution in [2.75, 3.05) is 10.2 Å². The third-order valence-corrected chi connectivity index (χ3v) is 4.26. The lowest BCUT2D eigenvalue weighted by Gasteiger charge is -2.18. The van der Waals surface area contributed by atoms with Crippen LogP contribution < -0.4 is 10.2 Å². The second kappa shape index (κ2) is 7.34. The molecule has 0 saturated carbocycles. The number of hydrogen-bond acceptors (Lipinski definition) is 4. The Kier molecular flexibility index (Phi) is 5.08. The van der Waals surface area contributed by atoms with E-state index >= 15 is 0 Å². The van der Waals surface area contributed by atoms with E-state index in [0.717, 1.165) is 11.0 Å². The van der Waals surface area contributed by atoms with E-state index in [-0.39, 0.29) is 24.2 Å². The van der Waals surface area contributed by atoms with Gasteiger partial charge in [0, 0.05) is 5.69 Å². The van der Waals surface area contributed by atoms with Crippen LogP contribution in [0.3, 0.4) is 0 Å². The monoisotopic (exact) mass is 392 g/mol. The summed E-state index contributed by atoms with van der Waals surface area (Å²) < 4.78 is 39.4. The molecule has 3 rings (SSSR count). The van der Waals surface area contributed by atoms with Gasteiger partial charge in [0.2, 0.25) is 5.91 Å². The molecular formula is C19H15F3N2O4. The van der Waals surface area contributed by atoms with E-state index < -0.39 is 35.6 Å². The van der Waals surface area contributed by atoms with Crippen LogP contribution in [-0.2, 0) is 27.0 Å². The maximum atomic E-state index is 13.1. The van der Waals surface area contributed by atoms with Gasteiger partial charge in [0.15, 0.2) is 0 Å². The lowest BCUT2D eigenvalue weighted by atomic mass is 10.1. The number of benzene rings is 2. The summed E-state index contributed by atoms with van der Waals surface area (Å²) in [6.07, 6.45) is -5.10. The summed E-state index contributed by atoms with van der Waals surface area (Å²) in [7, 11) is 0. The molecule has 1 aliphatic rings. The molecule has 2 aromatic carbocycles. The number of para-hydroxylation sites is 1. The molecule has 28 heavy (non-hydrogen) atoms. The van der Waals surface area contributed by atoms with Crippen LogP contribution in [0, 0.1) is 0 Å². The summed E-state index contributed by atoms with van der Waals surface area (Å²) in [5.41, 5.74) is -0.479. The van der Waals surface area contributed by atoms with E-state index in [0.29, 0.717) is 5.56 Å². The number of halogens is 3. The Morgan fingerprint density at radius 3 is 2.36 bits per heavy atom. The van der Waals surface area contributed by atoms with Crippen LogP contribution in [0.15, 0.2) is 48.5 Å². The Morgan fingerprint density at radius 2 is 1.75 bits per heavy atom. The zero-order valence-electron chi connectivity index (χ0n) is 14.4. The number of carbonyl (C=O) groups excluding carboxylic acids is 2. The minimum Gasteiger partial charge on any atom is -0.481 e. The van der Waals surface area contributed by atoms with Crippen molar-refractivity contribution in [2.45, 2.75) is 25.1 Å². The van der Waals surface area contributed by atoms with E-state index in [9.17, 15) is 27.6 Å². The number of rotatable bonds is 5. The smallest absolute Gasteiger partial charge is 0.418 e.